The third kappa shape index (κ3) is 7.23. The molecular weight excluding hydrogens is 399 g/mol. The van der Waals surface area contributed by atoms with Crippen molar-refractivity contribution >= 4 is 23.3 Å². The molecule has 0 bridgehead atoms. The van der Waals surface area contributed by atoms with Gasteiger partial charge in [0.25, 0.3) is 0 Å². The van der Waals surface area contributed by atoms with Crippen molar-refractivity contribution in [1.29, 1.82) is 0 Å². The normalized spacial score (nSPS) is 13.0. The molecule has 0 fully saturated rings. The zero-order valence-corrected chi connectivity index (χ0v) is 22.8. The molecule has 0 radical (unpaired) electrons. The van der Waals surface area contributed by atoms with Crippen molar-refractivity contribution in [3.8, 4) is 0 Å². The van der Waals surface area contributed by atoms with Crippen LogP contribution in [0.25, 0.3) is 0 Å². The minimum Gasteiger partial charge on any atom is -1.00 e. The third-order valence-corrected chi connectivity index (χ3v) is 6.23. The predicted octanol–water partition coefficient (Wildman–Crippen LogP) is 2.75. The van der Waals surface area contributed by atoms with Gasteiger partial charge in [-0.2, -0.15) is 0 Å². The van der Waals surface area contributed by atoms with Gasteiger partial charge in [0.1, 0.15) is 0 Å². The summed E-state index contributed by atoms with van der Waals surface area (Å²) in [6.07, 6.45) is 8.40. The Morgan fingerprint density at radius 1 is 1.06 bits per heavy atom. The Morgan fingerprint density at radius 2 is 1.68 bits per heavy atom. The number of nitrogens with one attached hydrogen (secondary N) is 1. The van der Waals surface area contributed by atoms with Crippen molar-refractivity contribution in [1.82, 2.24) is 0 Å². The van der Waals surface area contributed by atoms with Crippen molar-refractivity contribution in [3.63, 3.8) is 0 Å². The van der Waals surface area contributed by atoms with E-state index in [9.17, 15) is 14.7 Å². The molecule has 2 rings (SSSR count). The summed E-state index contributed by atoms with van der Waals surface area (Å²) in [5.41, 5.74) is 5.42. The third-order valence-electron chi connectivity index (χ3n) is 6.23. The first-order chi connectivity index (χ1) is 14.1. The Bertz CT molecular complexity index is 791. The Hall–Kier alpha value is -1.04. The fraction of sp³-hybridized carbons (Fsp3) is 0.680. The average molecular weight is 441 g/mol. The molecule has 0 aliphatic carbocycles. The van der Waals surface area contributed by atoms with Gasteiger partial charge in [-0.05, 0) is 48.9 Å². The topological polar surface area (TPSA) is 69.6 Å². The quantitative estimate of drug-likeness (QED) is 0.434. The number of aliphatic carboxylic acids is 1. The number of carboxylic acid groups (broad SMARTS) is 1. The molecule has 1 amide bonds. The van der Waals surface area contributed by atoms with Gasteiger partial charge in [0.2, 0.25) is 5.91 Å². The van der Waals surface area contributed by atoms with Crippen LogP contribution >= 0.6 is 0 Å². The molecule has 0 saturated heterocycles. The zero-order chi connectivity index (χ0) is 22.5. The number of carbonyl (C=O) groups is 2. The van der Waals surface area contributed by atoms with Crippen LogP contribution in [0.3, 0.4) is 0 Å². The van der Waals surface area contributed by atoms with Crippen molar-refractivity contribution in [2.75, 3.05) is 23.3 Å². The number of anilines is 2. The first kappa shape index (κ1) is 28.0. The van der Waals surface area contributed by atoms with Crippen LogP contribution in [-0.4, -0.2) is 30.1 Å². The largest absolute Gasteiger partial charge is 1.00 e. The number of benzene rings is 1. The summed E-state index contributed by atoms with van der Waals surface area (Å²) in [4.78, 5) is 26.7. The smallest absolute Gasteiger partial charge is 1.00 e. The van der Waals surface area contributed by atoms with Crippen molar-refractivity contribution < 1.29 is 45.7 Å². The van der Waals surface area contributed by atoms with Crippen molar-refractivity contribution in [2.45, 2.75) is 92.9 Å². The van der Waals surface area contributed by atoms with Gasteiger partial charge in [0.05, 0.1) is 17.8 Å². The number of hydrogen-bond acceptors (Lipinski definition) is 3. The fourth-order valence-corrected chi connectivity index (χ4v) is 4.31. The number of fused-ring (bicyclic) bond motifs is 1. The van der Waals surface area contributed by atoms with Crippen LogP contribution in [0.1, 0.15) is 89.9 Å². The second-order valence-electron chi connectivity index (χ2n) is 9.71. The maximum Gasteiger partial charge on any atom is 1.00 e. The van der Waals surface area contributed by atoms with Gasteiger partial charge in [-0.1, -0.05) is 59.8 Å². The number of carboxylic acids is 1. The number of carbonyl (C=O) groups excluding carboxylic acids is 1. The van der Waals surface area contributed by atoms with E-state index in [1.165, 1.54) is 37.7 Å². The zero-order valence-electron chi connectivity index (χ0n) is 21.8. The van der Waals surface area contributed by atoms with Crippen LogP contribution in [-0.2, 0) is 22.4 Å². The monoisotopic (exact) mass is 440 g/mol. The Labute approximate surface area is 212 Å². The van der Waals surface area contributed by atoms with E-state index in [0.717, 1.165) is 54.0 Å². The van der Waals surface area contributed by atoms with Gasteiger partial charge >= 0.3 is 35.5 Å². The number of unbranched alkanes of at least 4 members (excludes halogenated alkanes) is 5. The number of amides is 1. The molecular formula is C25H41N2NaO3. The number of rotatable bonds is 10. The second kappa shape index (κ2) is 12.3. The summed E-state index contributed by atoms with van der Waals surface area (Å²) in [6, 6.07) is 0. The Kier molecular flexibility index (Phi) is 11.1. The Balaban J connectivity index is 0.00000480. The molecule has 6 heteroatoms. The molecule has 0 unspecified atom stereocenters. The molecule has 1 aliphatic heterocycles. The van der Waals surface area contributed by atoms with E-state index in [1.54, 1.807) is 0 Å². The minimum atomic E-state index is -0.837. The van der Waals surface area contributed by atoms with Crippen LogP contribution in [0.15, 0.2) is 0 Å². The fourth-order valence-electron chi connectivity index (χ4n) is 4.31. The standard InChI is InChI=1S/C25H40N2O3.Na.H/c1-7-8-9-10-11-12-14-27-15-13-19-17(2)20(16-21(28)29)18(3)22(23(19)27)26-24(30)25(4,5)6;;/h7-16H2,1-6H3,(H,26,30)(H,28,29);;/q;+1;-1. The summed E-state index contributed by atoms with van der Waals surface area (Å²) in [7, 11) is 0. The SMILES string of the molecule is CCCCCCCCN1CCc2c(C)c(CC(=O)O)c(C)c(NC(=O)C(C)(C)C)c21.[H-].[Na+]. The molecule has 0 spiro atoms. The van der Waals surface area contributed by atoms with Crippen LogP contribution in [0.2, 0.25) is 0 Å². The summed E-state index contributed by atoms with van der Waals surface area (Å²) in [5.74, 6) is -0.875. The van der Waals surface area contributed by atoms with Gasteiger partial charge in [-0.3, -0.25) is 9.59 Å². The van der Waals surface area contributed by atoms with Crippen LogP contribution in [0.4, 0.5) is 11.4 Å². The van der Waals surface area contributed by atoms with Crippen LogP contribution < -0.4 is 39.8 Å². The minimum absolute atomic E-state index is 0. The van der Waals surface area contributed by atoms with Crippen LogP contribution in [0, 0.1) is 19.3 Å². The predicted molar refractivity (Wildman–Crippen MR) is 126 cm³/mol. The maximum atomic E-state index is 12.8. The maximum absolute atomic E-state index is 12.8. The van der Waals surface area contributed by atoms with Gasteiger partial charge < -0.3 is 16.7 Å². The van der Waals surface area contributed by atoms with E-state index < -0.39 is 11.4 Å². The number of hydrogen-bond donors (Lipinski definition) is 2. The molecule has 0 saturated carbocycles. The Morgan fingerprint density at radius 3 is 2.26 bits per heavy atom. The molecule has 1 aromatic rings. The summed E-state index contributed by atoms with van der Waals surface area (Å²) in [6.45, 7) is 13.8. The summed E-state index contributed by atoms with van der Waals surface area (Å²) in [5, 5.41) is 12.6. The second-order valence-corrected chi connectivity index (χ2v) is 9.71. The first-order valence-electron chi connectivity index (χ1n) is 11.5. The molecule has 0 aromatic heterocycles. The molecule has 0 atom stereocenters. The van der Waals surface area contributed by atoms with Crippen LogP contribution in [0.5, 0.6) is 0 Å². The van der Waals surface area contributed by atoms with E-state index in [0.29, 0.717) is 0 Å². The van der Waals surface area contributed by atoms with Gasteiger partial charge in [0, 0.05) is 18.5 Å². The number of nitrogens with zero attached hydrogens (tertiary/aromatic N) is 1. The van der Waals surface area contributed by atoms with Gasteiger partial charge in [0.15, 0.2) is 0 Å². The molecule has 5 nitrogen and oxygen atoms in total. The molecule has 2 N–H and O–H groups in total. The molecule has 170 valence electrons. The molecule has 1 heterocycles. The van der Waals surface area contributed by atoms with Gasteiger partial charge in [-0.25, -0.2) is 0 Å². The van der Waals surface area contributed by atoms with E-state index in [2.05, 4.69) is 17.1 Å². The molecule has 1 aromatic carbocycles. The average Bonchev–Trinajstić information content (AvgIpc) is 3.08. The summed E-state index contributed by atoms with van der Waals surface area (Å²) < 4.78 is 0. The van der Waals surface area contributed by atoms with E-state index in [1.807, 2.05) is 34.6 Å². The van der Waals surface area contributed by atoms with Gasteiger partial charge in [-0.15, -0.1) is 0 Å². The van der Waals surface area contributed by atoms with Crippen molar-refractivity contribution in [2.24, 2.45) is 5.41 Å². The first-order valence-corrected chi connectivity index (χ1v) is 11.5. The van der Waals surface area contributed by atoms with E-state index in [4.69, 9.17) is 0 Å². The van der Waals surface area contributed by atoms with E-state index in [-0.39, 0.29) is 43.3 Å². The molecule has 31 heavy (non-hydrogen) atoms. The van der Waals surface area contributed by atoms with E-state index >= 15 is 0 Å². The summed E-state index contributed by atoms with van der Waals surface area (Å²) >= 11 is 0. The molecule has 1 aliphatic rings. The van der Waals surface area contributed by atoms with Crippen molar-refractivity contribution in [3.05, 3.63) is 22.3 Å².